The number of rotatable bonds is 9. The number of anilines is 1. The lowest BCUT2D eigenvalue weighted by molar-refractivity contribution is -0.137. The smallest absolute Gasteiger partial charge is 0.243 e. The number of para-hydroxylation sites is 1. The van der Waals surface area contributed by atoms with E-state index in [1.165, 1.54) is 4.90 Å². The van der Waals surface area contributed by atoms with E-state index < -0.39 is 5.92 Å². The summed E-state index contributed by atoms with van der Waals surface area (Å²) in [5.74, 6) is 0.338. The lowest BCUT2D eigenvalue weighted by atomic mass is 10.1. The Morgan fingerprint density at radius 1 is 1.09 bits per heavy atom. The van der Waals surface area contributed by atoms with Gasteiger partial charge in [-0.1, -0.05) is 24.3 Å². The second-order valence-corrected chi connectivity index (χ2v) is 8.69. The van der Waals surface area contributed by atoms with Gasteiger partial charge in [0.15, 0.2) is 11.5 Å². The number of nitrogens with zero attached hydrogens (tertiary/aromatic N) is 2. The highest BCUT2D eigenvalue weighted by atomic mass is 16.5. The first-order chi connectivity index (χ1) is 16.2. The summed E-state index contributed by atoms with van der Waals surface area (Å²) in [6.45, 7) is 4.65. The van der Waals surface area contributed by atoms with Crippen molar-refractivity contribution in [2.24, 2.45) is 5.92 Å². The summed E-state index contributed by atoms with van der Waals surface area (Å²) in [6.07, 6.45) is 0.800. The van der Waals surface area contributed by atoms with Crippen LogP contribution in [0.1, 0.15) is 23.1 Å². The van der Waals surface area contributed by atoms with Gasteiger partial charge in [-0.05, 0) is 49.1 Å². The summed E-state index contributed by atoms with van der Waals surface area (Å²) in [4.78, 5) is 41.1. The number of amides is 3. The maximum atomic E-state index is 12.9. The van der Waals surface area contributed by atoms with Crippen molar-refractivity contribution in [3.05, 3.63) is 53.1 Å². The molecule has 0 aliphatic carbocycles. The Balaban J connectivity index is 1.53. The molecule has 0 spiro atoms. The molecule has 3 amide bonds. The van der Waals surface area contributed by atoms with E-state index in [0.29, 0.717) is 31.0 Å². The van der Waals surface area contributed by atoms with Crippen LogP contribution in [0.25, 0.3) is 0 Å². The minimum Gasteiger partial charge on any atom is -0.493 e. The van der Waals surface area contributed by atoms with E-state index in [1.54, 1.807) is 26.2 Å². The fourth-order valence-electron chi connectivity index (χ4n) is 4.25. The lowest BCUT2D eigenvalue weighted by Crippen LogP contribution is -2.39. The molecule has 0 bridgehead atoms. The van der Waals surface area contributed by atoms with E-state index in [0.717, 1.165) is 22.4 Å². The standard InChI is InChI=1S/C26H33N3O5/c1-17-7-6-8-18(2)25(17)27-23(30)16-28(3)26(32)20-14-24(31)29(15-20)12-11-19-9-10-21(33-4)22(13-19)34-5/h6-10,13,20H,11-12,14-16H2,1-5H3,(H,27,30). The van der Waals surface area contributed by atoms with Crippen LogP contribution in [-0.4, -0.2) is 68.4 Å². The zero-order valence-corrected chi connectivity index (χ0v) is 20.5. The van der Waals surface area contributed by atoms with Crippen LogP contribution in [0, 0.1) is 19.8 Å². The number of likely N-dealkylation sites (N-methyl/N-ethyl adjacent to an activating group) is 1. The van der Waals surface area contributed by atoms with Crippen LogP contribution in [0.3, 0.4) is 0 Å². The molecule has 34 heavy (non-hydrogen) atoms. The quantitative estimate of drug-likeness (QED) is 0.613. The van der Waals surface area contributed by atoms with E-state index in [-0.39, 0.29) is 30.7 Å². The molecule has 2 aromatic rings. The Labute approximate surface area is 200 Å². The largest absolute Gasteiger partial charge is 0.493 e. The molecule has 0 saturated carbocycles. The molecule has 8 nitrogen and oxygen atoms in total. The Hall–Kier alpha value is -3.55. The molecule has 1 saturated heterocycles. The van der Waals surface area contributed by atoms with Crippen LogP contribution in [0.2, 0.25) is 0 Å². The van der Waals surface area contributed by atoms with E-state index >= 15 is 0 Å². The SMILES string of the molecule is COc1ccc(CCN2CC(C(=O)N(C)CC(=O)Nc3c(C)cccc3C)CC2=O)cc1OC. The van der Waals surface area contributed by atoms with Crippen molar-refractivity contribution in [2.45, 2.75) is 26.7 Å². The van der Waals surface area contributed by atoms with Gasteiger partial charge < -0.3 is 24.6 Å². The normalized spacial score (nSPS) is 15.3. The number of hydrogen-bond donors (Lipinski definition) is 1. The average Bonchev–Trinajstić information content (AvgIpc) is 3.19. The minimum absolute atomic E-state index is 0.0489. The molecule has 182 valence electrons. The van der Waals surface area contributed by atoms with Crippen molar-refractivity contribution in [3.63, 3.8) is 0 Å². The number of ether oxygens (including phenoxy) is 2. The van der Waals surface area contributed by atoms with Crippen molar-refractivity contribution < 1.29 is 23.9 Å². The molecule has 1 aliphatic heterocycles. The Kier molecular flexibility index (Phi) is 8.15. The number of carbonyl (C=O) groups is 3. The molecular weight excluding hydrogens is 434 g/mol. The Morgan fingerprint density at radius 3 is 2.41 bits per heavy atom. The molecule has 8 heteroatoms. The van der Waals surface area contributed by atoms with Gasteiger partial charge in [0.25, 0.3) is 0 Å². The summed E-state index contributed by atoms with van der Waals surface area (Å²) >= 11 is 0. The van der Waals surface area contributed by atoms with Crippen LogP contribution >= 0.6 is 0 Å². The first kappa shape index (κ1) is 25.1. The average molecular weight is 468 g/mol. The Bertz CT molecular complexity index is 1050. The molecule has 1 aliphatic rings. The second-order valence-electron chi connectivity index (χ2n) is 8.69. The number of hydrogen-bond acceptors (Lipinski definition) is 5. The van der Waals surface area contributed by atoms with Gasteiger partial charge in [0.05, 0.1) is 26.7 Å². The van der Waals surface area contributed by atoms with Crippen molar-refractivity contribution >= 4 is 23.4 Å². The predicted octanol–water partition coefficient (Wildman–Crippen LogP) is 2.81. The third kappa shape index (κ3) is 5.87. The molecule has 1 fully saturated rings. The maximum absolute atomic E-state index is 12.9. The van der Waals surface area contributed by atoms with Crippen LogP contribution in [0.15, 0.2) is 36.4 Å². The maximum Gasteiger partial charge on any atom is 0.243 e. The van der Waals surface area contributed by atoms with Gasteiger partial charge in [-0.3, -0.25) is 14.4 Å². The van der Waals surface area contributed by atoms with Gasteiger partial charge in [-0.2, -0.15) is 0 Å². The number of carbonyl (C=O) groups excluding carboxylic acids is 3. The summed E-state index contributed by atoms with van der Waals surface area (Å²) in [5, 5.41) is 2.90. The molecule has 1 atom stereocenters. The molecular formula is C26H33N3O5. The molecule has 1 N–H and O–H groups in total. The number of benzene rings is 2. The fourth-order valence-corrected chi connectivity index (χ4v) is 4.25. The van der Waals surface area contributed by atoms with Gasteiger partial charge in [-0.25, -0.2) is 0 Å². The van der Waals surface area contributed by atoms with Crippen molar-refractivity contribution in [1.29, 1.82) is 0 Å². The van der Waals surface area contributed by atoms with Crippen LogP contribution in [-0.2, 0) is 20.8 Å². The first-order valence-electron chi connectivity index (χ1n) is 11.3. The van der Waals surface area contributed by atoms with Crippen LogP contribution < -0.4 is 14.8 Å². The van der Waals surface area contributed by atoms with Gasteiger partial charge >= 0.3 is 0 Å². The summed E-state index contributed by atoms with van der Waals surface area (Å²) < 4.78 is 10.6. The van der Waals surface area contributed by atoms with Crippen LogP contribution in [0.4, 0.5) is 5.69 Å². The number of aryl methyl sites for hydroxylation is 2. The van der Waals surface area contributed by atoms with Crippen molar-refractivity contribution in [1.82, 2.24) is 9.80 Å². The summed E-state index contributed by atoms with van der Waals surface area (Å²) in [7, 11) is 4.77. The van der Waals surface area contributed by atoms with Crippen molar-refractivity contribution in [3.8, 4) is 11.5 Å². The molecule has 1 heterocycles. The summed E-state index contributed by atoms with van der Waals surface area (Å²) in [6, 6.07) is 11.5. The molecule has 3 rings (SSSR count). The van der Waals surface area contributed by atoms with E-state index in [2.05, 4.69) is 5.32 Å². The molecule has 0 radical (unpaired) electrons. The van der Waals surface area contributed by atoms with Gasteiger partial charge in [0.2, 0.25) is 17.7 Å². The summed E-state index contributed by atoms with van der Waals surface area (Å²) in [5.41, 5.74) is 3.72. The molecule has 0 aromatic heterocycles. The van der Waals surface area contributed by atoms with E-state index in [1.807, 2.05) is 50.2 Å². The van der Waals surface area contributed by atoms with Crippen molar-refractivity contribution in [2.75, 3.05) is 46.2 Å². The minimum atomic E-state index is -0.448. The third-order valence-corrected chi connectivity index (χ3v) is 6.18. The fraction of sp³-hybridized carbons (Fsp3) is 0.423. The van der Waals surface area contributed by atoms with E-state index in [4.69, 9.17) is 9.47 Å². The monoisotopic (exact) mass is 467 g/mol. The highest BCUT2D eigenvalue weighted by molar-refractivity contribution is 5.97. The van der Waals surface area contributed by atoms with Crippen LogP contribution in [0.5, 0.6) is 11.5 Å². The number of methoxy groups -OCH3 is 2. The third-order valence-electron chi connectivity index (χ3n) is 6.18. The Morgan fingerprint density at radius 2 is 1.76 bits per heavy atom. The van der Waals surface area contributed by atoms with Gasteiger partial charge in [-0.15, -0.1) is 0 Å². The van der Waals surface area contributed by atoms with Gasteiger partial charge in [0.1, 0.15) is 0 Å². The first-order valence-corrected chi connectivity index (χ1v) is 11.3. The lowest BCUT2D eigenvalue weighted by Gasteiger charge is -2.22. The zero-order chi connectivity index (χ0) is 24.8. The highest BCUT2D eigenvalue weighted by Crippen LogP contribution is 2.28. The number of nitrogens with one attached hydrogen (secondary N) is 1. The molecule has 2 aromatic carbocycles. The highest BCUT2D eigenvalue weighted by Gasteiger charge is 2.35. The second kappa shape index (κ2) is 11.0. The predicted molar refractivity (Wildman–Crippen MR) is 130 cm³/mol. The zero-order valence-electron chi connectivity index (χ0n) is 20.5. The van der Waals surface area contributed by atoms with Gasteiger partial charge in [0, 0.05) is 32.2 Å². The molecule has 1 unspecified atom stereocenters. The van der Waals surface area contributed by atoms with E-state index in [9.17, 15) is 14.4 Å². The topological polar surface area (TPSA) is 88.2 Å². The number of likely N-dealkylation sites (tertiary alicyclic amines) is 1.